The Bertz CT molecular complexity index is 511. The van der Waals surface area contributed by atoms with Crippen LogP contribution in [0, 0.1) is 0 Å². The summed E-state index contributed by atoms with van der Waals surface area (Å²) < 4.78 is 5.80. The van der Waals surface area contributed by atoms with Gasteiger partial charge >= 0.3 is 0 Å². The minimum absolute atomic E-state index is 0. The zero-order chi connectivity index (χ0) is 16.3. The normalized spacial score (nSPS) is 19.7. The second-order valence-electron chi connectivity index (χ2n) is 7.22. The van der Waals surface area contributed by atoms with Crippen LogP contribution in [0.15, 0.2) is 24.3 Å². The lowest BCUT2D eigenvalue weighted by molar-refractivity contribution is -0.139. The number of hydrogen-bond donors (Lipinski definition) is 1. The molecular formula is C18H29ClN2O2. The van der Waals surface area contributed by atoms with Crippen molar-refractivity contribution in [1.82, 2.24) is 4.90 Å². The summed E-state index contributed by atoms with van der Waals surface area (Å²) in [5, 5.41) is 0. The number of halogens is 1. The van der Waals surface area contributed by atoms with E-state index in [4.69, 9.17) is 10.5 Å². The molecule has 5 heteroatoms. The fraction of sp³-hybridized carbons (Fsp3) is 0.611. The fourth-order valence-electron chi connectivity index (χ4n) is 2.76. The monoisotopic (exact) mass is 340 g/mol. The highest BCUT2D eigenvalue weighted by Crippen LogP contribution is 2.25. The Kier molecular flexibility index (Phi) is 6.90. The largest absolute Gasteiger partial charge is 0.481 e. The number of amides is 1. The second-order valence-corrected chi connectivity index (χ2v) is 7.22. The van der Waals surface area contributed by atoms with Gasteiger partial charge in [-0.15, -0.1) is 12.4 Å². The predicted molar refractivity (Wildman–Crippen MR) is 96.3 cm³/mol. The van der Waals surface area contributed by atoms with Crippen LogP contribution in [0.1, 0.15) is 46.1 Å². The molecule has 1 aromatic carbocycles. The topological polar surface area (TPSA) is 55.6 Å². The summed E-state index contributed by atoms with van der Waals surface area (Å²) in [5.41, 5.74) is 7.30. The zero-order valence-electron chi connectivity index (χ0n) is 14.5. The van der Waals surface area contributed by atoms with Crippen molar-refractivity contribution >= 4 is 18.3 Å². The molecule has 130 valence electrons. The van der Waals surface area contributed by atoms with Crippen molar-refractivity contribution in [2.45, 2.75) is 58.1 Å². The van der Waals surface area contributed by atoms with Crippen LogP contribution in [0.25, 0.3) is 0 Å². The SMILES string of the molecule is CC(Oc1ccc(C(C)(C)C)cc1)C(=O)N1CCCC(N)C1.Cl. The van der Waals surface area contributed by atoms with Crippen LogP contribution in [0.5, 0.6) is 5.75 Å². The number of benzene rings is 1. The maximum absolute atomic E-state index is 12.4. The number of carbonyl (C=O) groups excluding carboxylic acids is 1. The third kappa shape index (κ3) is 5.40. The lowest BCUT2D eigenvalue weighted by Crippen LogP contribution is -2.49. The minimum Gasteiger partial charge on any atom is -0.481 e. The van der Waals surface area contributed by atoms with Crippen LogP contribution in [0.2, 0.25) is 0 Å². The summed E-state index contributed by atoms with van der Waals surface area (Å²) in [5.74, 6) is 0.755. The standard InChI is InChI=1S/C18H28N2O2.ClH/c1-13(17(21)20-11-5-6-15(19)12-20)22-16-9-7-14(8-10-16)18(2,3)4;/h7-10,13,15H,5-6,11-12,19H2,1-4H3;1H. The molecule has 0 aliphatic carbocycles. The molecule has 1 fully saturated rings. The van der Waals surface area contributed by atoms with Gasteiger partial charge in [0, 0.05) is 19.1 Å². The molecule has 1 saturated heterocycles. The number of likely N-dealkylation sites (tertiary alicyclic amines) is 1. The molecule has 1 aliphatic heterocycles. The average Bonchev–Trinajstić information content (AvgIpc) is 2.46. The molecule has 1 amide bonds. The molecule has 0 spiro atoms. The summed E-state index contributed by atoms with van der Waals surface area (Å²) in [6.45, 7) is 9.75. The van der Waals surface area contributed by atoms with E-state index in [2.05, 4.69) is 32.9 Å². The van der Waals surface area contributed by atoms with E-state index in [0.29, 0.717) is 6.54 Å². The molecule has 1 heterocycles. The summed E-state index contributed by atoms with van der Waals surface area (Å²) >= 11 is 0. The van der Waals surface area contributed by atoms with Crippen LogP contribution < -0.4 is 10.5 Å². The van der Waals surface area contributed by atoms with Crippen LogP contribution in [-0.4, -0.2) is 36.0 Å². The molecular weight excluding hydrogens is 312 g/mol. The highest BCUT2D eigenvalue weighted by molar-refractivity contribution is 5.85. The molecule has 4 nitrogen and oxygen atoms in total. The van der Waals surface area contributed by atoms with E-state index < -0.39 is 6.10 Å². The van der Waals surface area contributed by atoms with E-state index in [1.807, 2.05) is 17.0 Å². The molecule has 1 aromatic rings. The lowest BCUT2D eigenvalue weighted by atomic mass is 9.87. The first-order chi connectivity index (χ1) is 10.3. The van der Waals surface area contributed by atoms with E-state index in [1.54, 1.807) is 6.92 Å². The molecule has 2 atom stereocenters. The van der Waals surface area contributed by atoms with E-state index in [1.165, 1.54) is 5.56 Å². The van der Waals surface area contributed by atoms with Gasteiger partial charge < -0.3 is 15.4 Å². The van der Waals surface area contributed by atoms with E-state index in [-0.39, 0.29) is 29.8 Å². The Balaban J connectivity index is 0.00000264. The third-order valence-electron chi connectivity index (χ3n) is 4.15. The van der Waals surface area contributed by atoms with Crippen molar-refractivity contribution in [3.63, 3.8) is 0 Å². The Hall–Kier alpha value is -1.26. The number of nitrogens with two attached hydrogens (primary N) is 1. The maximum atomic E-state index is 12.4. The van der Waals surface area contributed by atoms with Gasteiger partial charge in [0.05, 0.1) is 0 Å². The summed E-state index contributed by atoms with van der Waals surface area (Å²) in [7, 11) is 0. The molecule has 2 N–H and O–H groups in total. The van der Waals surface area contributed by atoms with Crippen molar-refractivity contribution in [1.29, 1.82) is 0 Å². The first-order valence-electron chi connectivity index (χ1n) is 8.09. The van der Waals surface area contributed by atoms with Gasteiger partial charge in [-0.1, -0.05) is 32.9 Å². The average molecular weight is 341 g/mol. The number of piperidine rings is 1. The third-order valence-corrected chi connectivity index (χ3v) is 4.15. The van der Waals surface area contributed by atoms with Gasteiger partial charge in [0.15, 0.2) is 6.10 Å². The van der Waals surface area contributed by atoms with Crippen LogP contribution in [-0.2, 0) is 10.2 Å². The van der Waals surface area contributed by atoms with Crippen LogP contribution in [0.3, 0.4) is 0 Å². The maximum Gasteiger partial charge on any atom is 0.263 e. The number of hydrogen-bond acceptors (Lipinski definition) is 3. The van der Waals surface area contributed by atoms with Gasteiger partial charge in [0.2, 0.25) is 0 Å². The number of nitrogens with zero attached hydrogens (tertiary/aromatic N) is 1. The molecule has 1 aliphatic rings. The smallest absolute Gasteiger partial charge is 0.263 e. The molecule has 2 rings (SSSR count). The zero-order valence-corrected chi connectivity index (χ0v) is 15.4. The first kappa shape index (κ1) is 19.8. The van der Waals surface area contributed by atoms with Gasteiger partial charge in [0.1, 0.15) is 5.75 Å². The quantitative estimate of drug-likeness (QED) is 0.919. The summed E-state index contributed by atoms with van der Waals surface area (Å²) in [4.78, 5) is 14.2. The Labute approximate surface area is 145 Å². The van der Waals surface area contributed by atoms with Gasteiger partial charge in [-0.25, -0.2) is 0 Å². The molecule has 0 radical (unpaired) electrons. The summed E-state index contributed by atoms with van der Waals surface area (Å²) in [6.07, 6.45) is 1.48. The molecule has 0 bridgehead atoms. The molecule has 23 heavy (non-hydrogen) atoms. The van der Waals surface area contributed by atoms with Crippen molar-refractivity contribution in [3.8, 4) is 5.75 Å². The Morgan fingerprint density at radius 2 is 1.91 bits per heavy atom. The summed E-state index contributed by atoms with van der Waals surface area (Å²) in [6, 6.07) is 8.08. The van der Waals surface area contributed by atoms with E-state index >= 15 is 0 Å². The number of ether oxygens (including phenoxy) is 1. The second kappa shape index (κ2) is 8.02. The van der Waals surface area contributed by atoms with Crippen molar-refractivity contribution in [2.24, 2.45) is 5.73 Å². The van der Waals surface area contributed by atoms with E-state index in [0.717, 1.165) is 25.1 Å². The first-order valence-corrected chi connectivity index (χ1v) is 8.09. The molecule has 0 aromatic heterocycles. The van der Waals surface area contributed by atoms with Crippen LogP contribution in [0.4, 0.5) is 0 Å². The molecule has 0 saturated carbocycles. The van der Waals surface area contributed by atoms with Gasteiger partial charge in [0.25, 0.3) is 5.91 Å². The fourth-order valence-corrected chi connectivity index (χ4v) is 2.76. The predicted octanol–water partition coefficient (Wildman–Crippen LogP) is 3.12. The van der Waals surface area contributed by atoms with Crippen LogP contribution >= 0.6 is 12.4 Å². The number of rotatable bonds is 3. The number of carbonyl (C=O) groups is 1. The van der Waals surface area contributed by atoms with Gasteiger partial charge in [-0.2, -0.15) is 0 Å². The minimum atomic E-state index is -0.481. The van der Waals surface area contributed by atoms with Crippen molar-refractivity contribution < 1.29 is 9.53 Å². The van der Waals surface area contributed by atoms with Crippen molar-refractivity contribution in [3.05, 3.63) is 29.8 Å². The Morgan fingerprint density at radius 1 is 1.30 bits per heavy atom. The van der Waals surface area contributed by atoms with Gasteiger partial charge in [-0.05, 0) is 42.9 Å². The van der Waals surface area contributed by atoms with E-state index in [9.17, 15) is 4.79 Å². The lowest BCUT2D eigenvalue weighted by Gasteiger charge is -2.32. The molecule has 2 unspecified atom stereocenters. The Morgan fingerprint density at radius 3 is 2.43 bits per heavy atom. The van der Waals surface area contributed by atoms with Gasteiger partial charge in [-0.3, -0.25) is 4.79 Å². The highest BCUT2D eigenvalue weighted by atomic mass is 35.5. The highest BCUT2D eigenvalue weighted by Gasteiger charge is 2.26. The van der Waals surface area contributed by atoms with Crippen molar-refractivity contribution in [2.75, 3.05) is 13.1 Å².